The number of rotatable bonds is 7. The van der Waals surface area contributed by atoms with Crippen LogP contribution in [0.2, 0.25) is 0 Å². The fourth-order valence-electron chi connectivity index (χ4n) is 5.03. The zero-order chi connectivity index (χ0) is 30.7. The molecule has 1 atom stereocenters. The minimum atomic E-state index is -4.46. The first-order chi connectivity index (χ1) is 20.7. The van der Waals surface area contributed by atoms with E-state index in [2.05, 4.69) is 0 Å². The van der Waals surface area contributed by atoms with Gasteiger partial charge in [0.15, 0.2) is 5.70 Å². The van der Waals surface area contributed by atoms with Crippen molar-refractivity contribution >= 4 is 33.4 Å². The molecule has 0 bridgehead atoms. The number of esters is 2. The van der Waals surface area contributed by atoms with Gasteiger partial charge in [-0.15, -0.1) is 0 Å². The molecular formula is C33H30N2O7S. The van der Waals surface area contributed by atoms with E-state index < -0.39 is 33.7 Å². The summed E-state index contributed by atoms with van der Waals surface area (Å²) in [4.78, 5) is 28.9. The molecule has 0 saturated heterocycles. The van der Waals surface area contributed by atoms with Crippen LogP contribution in [-0.2, 0) is 29.1 Å². The largest absolute Gasteiger partial charge is 0.497 e. The number of carbonyl (C=O) groups excluding carboxylic acids is 2. The van der Waals surface area contributed by atoms with Gasteiger partial charge in [0.25, 0.3) is 10.0 Å². The van der Waals surface area contributed by atoms with Crippen molar-refractivity contribution in [2.45, 2.75) is 17.9 Å². The molecule has 0 radical (unpaired) electrons. The summed E-state index contributed by atoms with van der Waals surface area (Å²) in [6.45, 7) is 1.83. The molecule has 2 heterocycles. The molecule has 0 fully saturated rings. The second-order valence-corrected chi connectivity index (χ2v) is 11.5. The predicted molar refractivity (Wildman–Crippen MR) is 161 cm³/mol. The lowest BCUT2D eigenvalue weighted by Crippen LogP contribution is -2.38. The third-order valence-corrected chi connectivity index (χ3v) is 8.85. The van der Waals surface area contributed by atoms with Gasteiger partial charge in [-0.1, -0.05) is 60.2 Å². The molecule has 43 heavy (non-hydrogen) atoms. The molecule has 10 heteroatoms. The number of hydrogen-bond acceptors (Lipinski definition) is 8. The van der Waals surface area contributed by atoms with Crippen molar-refractivity contribution in [3.63, 3.8) is 0 Å². The van der Waals surface area contributed by atoms with Gasteiger partial charge >= 0.3 is 11.9 Å². The molecule has 1 unspecified atom stereocenters. The van der Waals surface area contributed by atoms with Crippen LogP contribution >= 0.6 is 0 Å². The van der Waals surface area contributed by atoms with E-state index in [1.807, 2.05) is 48.2 Å². The number of nitrogens with zero attached hydrogens (tertiary/aromatic N) is 2. The number of methoxy groups -OCH3 is 3. The minimum Gasteiger partial charge on any atom is -0.497 e. The van der Waals surface area contributed by atoms with Crippen molar-refractivity contribution < 1.29 is 32.2 Å². The highest BCUT2D eigenvalue weighted by molar-refractivity contribution is 7.89. The Balaban J connectivity index is 1.89. The molecule has 3 aromatic carbocycles. The van der Waals surface area contributed by atoms with Gasteiger partial charge in [0.2, 0.25) is 0 Å². The van der Waals surface area contributed by atoms with Gasteiger partial charge in [-0.2, -0.15) is 0 Å². The van der Waals surface area contributed by atoms with Gasteiger partial charge < -0.3 is 19.1 Å². The molecule has 0 N–H and O–H groups in total. The smallest absolute Gasteiger partial charge is 0.356 e. The van der Waals surface area contributed by atoms with Gasteiger partial charge in [-0.05, 0) is 60.5 Å². The van der Waals surface area contributed by atoms with E-state index in [1.54, 1.807) is 55.7 Å². The average Bonchev–Trinajstić information content (AvgIpc) is 3.20. The van der Waals surface area contributed by atoms with Crippen LogP contribution in [0.3, 0.4) is 0 Å². The number of aryl methyl sites for hydroxylation is 1. The normalized spacial score (nSPS) is 16.5. The SMILES string of the molecule is COC(=O)C1=C(C(=O)OC)N(S(=O)(=O)c2ccc(C)cc2)C=C(c2ccc(OC)cc2)N2C(c3ccccc3)=CC=CC12. The first kappa shape index (κ1) is 29.4. The molecule has 0 aliphatic carbocycles. The quantitative estimate of drug-likeness (QED) is 0.355. The van der Waals surface area contributed by atoms with Crippen LogP contribution in [0, 0.1) is 6.92 Å². The second-order valence-electron chi connectivity index (χ2n) is 9.72. The number of allylic oxidation sites excluding steroid dienone is 2. The van der Waals surface area contributed by atoms with Crippen molar-refractivity contribution in [2.75, 3.05) is 21.3 Å². The van der Waals surface area contributed by atoms with E-state index in [1.165, 1.54) is 25.4 Å². The number of hydrogen-bond donors (Lipinski definition) is 0. The fraction of sp³-hybridized carbons (Fsp3) is 0.152. The summed E-state index contributed by atoms with van der Waals surface area (Å²) in [5, 5.41) is 0. The van der Waals surface area contributed by atoms with E-state index in [4.69, 9.17) is 14.2 Å². The maximum Gasteiger partial charge on any atom is 0.356 e. The molecule has 0 saturated carbocycles. The Bertz CT molecular complexity index is 1770. The third kappa shape index (κ3) is 5.44. The van der Waals surface area contributed by atoms with Crippen LogP contribution < -0.4 is 4.74 Å². The van der Waals surface area contributed by atoms with Gasteiger partial charge in [-0.25, -0.2) is 22.3 Å². The van der Waals surface area contributed by atoms with Crippen molar-refractivity contribution in [1.82, 2.24) is 9.21 Å². The topological polar surface area (TPSA) is 102 Å². The van der Waals surface area contributed by atoms with Crippen molar-refractivity contribution in [1.29, 1.82) is 0 Å². The molecule has 3 aromatic rings. The number of benzene rings is 3. The highest BCUT2D eigenvalue weighted by atomic mass is 32.2. The van der Waals surface area contributed by atoms with Crippen LogP contribution in [0.15, 0.2) is 119 Å². The Morgan fingerprint density at radius 2 is 1.40 bits per heavy atom. The Hall–Kier alpha value is -5.09. The lowest BCUT2D eigenvalue weighted by molar-refractivity contribution is -0.140. The molecule has 2 aliphatic heterocycles. The number of ether oxygens (including phenoxy) is 3. The van der Waals surface area contributed by atoms with E-state index in [-0.39, 0.29) is 10.5 Å². The number of carbonyl (C=O) groups is 2. The standard InChI is InChI=1S/C33H30N2O7S/c1-22-13-19-26(20-14-22)43(38,39)34-21-29(24-15-17-25(40-2)18-16-24)35-27(23-9-6-5-7-10-23)11-8-12-28(35)30(32(36)41-3)31(34)33(37)42-4/h5-21,28H,1-4H3. The highest BCUT2D eigenvalue weighted by Gasteiger charge is 2.44. The summed E-state index contributed by atoms with van der Waals surface area (Å²) in [5.41, 5.74) is 2.62. The summed E-state index contributed by atoms with van der Waals surface area (Å²) in [7, 11) is -0.610. The fourth-order valence-corrected chi connectivity index (χ4v) is 6.39. The summed E-state index contributed by atoms with van der Waals surface area (Å²) in [5.74, 6) is -1.31. The first-order valence-corrected chi connectivity index (χ1v) is 14.8. The molecular weight excluding hydrogens is 568 g/mol. The molecule has 0 amide bonds. The maximum absolute atomic E-state index is 14.4. The van der Waals surface area contributed by atoms with Gasteiger partial charge in [0.05, 0.1) is 43.5 Å². The second kappa shape index (κ2) is 12.0. The summed E-state index contributed by atoms with van der Waals surface area (Å²) in [6, 6.07) is 21.8. The van der Waals surface area contributed by atoms with Crippen molar-refractivity contribution in [3.05, 3.63) is 131 Å². The number of fused-ring (bicyclic) bond motifs is 1. The van der Waals surface area contributed by atoms with Crippen LogP contribution in [0.1, 0.15) is 16.7 Å². The highest BCUT2D eigenvalue weighted by Crippen LogP contribution is 2.42. The van der Waals surface area contributed by atoms with Gasteiger partial charge in [-0.3, -0.25) is 0 Å². The first-order valence-electron chi connectivity index (χ1n) is 13.3. The maximum atomic E-state index is 14.4. The lowest BCUT2D eigenvalue weighted by atomic mass is 9.95. The Morgan fingerprint density at radius 3 is 2.00 bits per heavy atom. The molecule has 220 valence electrons. The molecule has 0 aromatic heterocycles. The molecule has 9 nitrogen and oxygen atoms in total. The van der Waals surface area contributed by atoms with Gasteiger partial charge in [0.1, 0.15) is 5.75 Å². The summed E-state index contributed by atoms with van der Waals surface area (Å²) < 4.78 is 45.2. The Labute approximate surface area is 250 Å². The lowest BCUT2D eigenvalue weighted by Gasteiger charge is -2.37. The number of sulfonamides is 1. The molecule has 2 aliphatic rings. The minimum absolute atomic E-state index is 0.0803. The van der Waals surface area contributed by atoms with E-state index in [0.29, 0.717) is 22.7 Å². The van der Waals surface area contributed by atoms with Crippen LogP contribution in [0.5, 0.6) is 5.75 Å². The van der Waals surface area contributed by atoms with Crippen LogP contribution in [0.4, 0.5) is 0 Å². The van der Waals surface area contributed by atoms with Crippen LogP contribution in [0.25, 0.3) is 11.4 Å². The predicted octanol–water partition coefficient (Wildman–Crippen LogP) is 4.89. The molecule has 0 spiro atoms. The van der Waals surface area contributed by atoms with Crippen LogP contribution in [-0.4, -0.2) is 56.9 Å². The zero-order valence-corrected chi connectivity index (χ0v) is 24.9. The summed E-state index contributed by atoms with van der Waals surface area (Å²) >= 11 is 0. The summed E-state index contributed by atoms with van der Waals surface area (Å²) in [6.07, 6.45) is 6.68. The average molecular weight is 599 g/mol. The van der Waals surface area contributed by atoms with Crippen molar-refractivity contribution in [2.24, 2.45) is 0 Å². The zero-order valence-electron chi connectivity index (χ0n) is 24.1. The Morgan fingerprint density at radius 1 is 0.767 bits per heavy atom. The van der Waals surface area contributed by atoms with E-state index >= 15 is 0 Å². The van der Waals surface area contributed by atoms with E-state index in [0.717, 1.165) is 22.5 Å². The third-order valence-electron chi connectivity index (χ3n) is 7.17. The monoisotopic (exact) mass is 598 g/mol. The van der Waals surface area contributed by atoms with E-state index in [9.17, 15) is 18.0 Å². The molecule has 5 rings (SSSR count). The Kier molecular flexibility index (Phi) is 8.22. The van der Waals surface area contributed by atoms with Crippen molar-refractivity contribution in [3.8, 4) is 5.75 Å². The van der Waals surface area contributed by atoms with Gasteiger partial charge in [0, 0.05) is 11.9 Å².